The van der Waals surface area contributed by atoms with Crippen LogP contribution in [0, 0.1) is 19.8 Å². The predicted octanol–water partition coefficient (Wildman–Crippen LogP) is 4.30. The van der Waals surface area contributed by atoms with Gasteiger partial charge in [-0.25, -0.2) is 9.97 Å². The molecule has 2 aromatic rings. The molecule has 0 radical (unpaired) electrons. The van der Waals surface area contributed by atoms with Crippen molar-refractivity contribution < 1.29 is 9.53 Å². The first-order valence-electron chi connectivity index (χ1n) is 12.5. The highest BCUT2D eigenvalue weighted by molar-refractivity contribution is 6.30. The van der Waals surface area contributed by atoms with Crippen LogP contribution in [0.25, 0.3) is 0 Å². The molecule has 1 amide bonds. The lowest BCUT2D eigenvalue weighted by atomic mass is 9.92. The van der Waals surface area contributed by atoms with E-state index in [0.717, 1.165) is 80.1 Å². The zero-order valence-corrected chi connectivity index (χ0v) is 21.0. The van der Waals surface area contributed by atoms with Crippen molar-refractivity contribution in [2.75, 3.05) is 37.7 Å². The van der Waals surface area contributed by atoms with Crippen molar-refractivity contribution in [3.63, 3.8) is 0 Å². The number of benzene rings is 1. The first kappa shape index (κ1) is 24.7. The van der Waals surface area contributed by atoms with Gasteiger partial charge in [0.05, 0.1) is 24.0 Å². The number of ether oxygens (including phenoxy) is 1. The summed E-state index contributed by atoms with van der Waals surface area (Å²) >= 11 is 5.89. The average Bonchev–Trinajstić information content (AvgIpc) is 3.35. The van der Waals surface area contributed by atoms with Gasteiger partial charge in [0, 0.05) is 31.2 Å². The summed E-state index contributed by atoms with van der Waals surface area (Å²) in [5, 5.41) is 7.07. The minimum Gasteiger partial charge on any atom is -0.494 e. The van der Waals surface area contributed by atoms with Crippen molar-refractivity contribution in [3.05, 3.63) is 46.2 Å². The van der Waals surface area contributed by atoms with Crippen LogP contribution in [0.15, 0.2) is 24.5 Å². The topological polar surface area (TPSA) is 79.4 Å². The van der Waals surface area contributed by atoms with Gasteiger partial charge in [0.2, 0.25) is 5.95 Å². The predicted molar refractivity (Wildman–Crippen MR) is 136 cm³/mol. The Morgan fingerprint density at radius 3 is 2.53 bits per heavy atom. The highest BCUT2D eigenvalue weighted by Gasteiger charge is 2.21. The third kappa shape index (κ3) is 6.60. The zero-order chi connectivity index (χ0) is 23.9. The van der Waals surface area contributed by atoms with E-state index >= 15 is 0 Å². The summed E-state index contributed by atoms with van der Waals surface area (Å²) in [5.74, 6) is 2.32. The molecule has 0 spiro atoms. The van der Waals surface area contributed by atoms with Crippen LogP contribution in [0.1, 0.15) is 60.0 Å². The summed E-state index contributed by atoms with van der Waals surface area (Å²) in [6.45, 7) is 8.35. The number of hydrogen-bond donors (Lipinski definition) is 2. The molecule has 8 heteroatoms. The molecule has 0 bridgehead atoms. The van der Waals surface area contributed by atoms with Gasteiger partial charge < -0.3 is 20.3 Å². The van der Waals surface area contributed by atoms with E-state index in [1.165, 1.54) is 6.42 Å². The molecule has 2 fully saturated rings. The van der Waals surface area contributed by atoms with Crippen LogP contribution < -0.4 is 20.3 Å². The lowest BCUT2D eigenvalue weighted by molar-refractivity contribution is 0.0949. The van der Waals surface area contributed by atoms with Crippen molar-refractivity contribution in [2.24, 2.45) is 5.92 Å². The molecule has 1 atom stereocenters. The van der Waals surface area contributed by atoms with E-state index < -0.39 is 0 Å². The highest BCUT2D eigenvalue weighted by atomic mass is 35.5. The van der Waals surface area contributed by atoms with Crippen LogP contribution >= 0.6 is 11.6 Å². The van der Waals surface area contributed by atoms with Gasteiger partial charge in [0.1, 0.15) is 5.75 Å². The number of rotatable bonds is 9. The Morgan fingerprint density at radius 1 is 1.18 bits per heavy atom. The standard InChI is InChI=1S/C26H36ClN5O2/c1-18-13-23(14-19(2)24(18)25(33)29-17-22-6-3-9-28-22)34-12-4-5-20-7-10-32(11-8-20)26-30-15-21(27)16-31-26/h13-16,20,22,28H,3-12,17H2,1-2H3,(H,29,33). The van der Waals surface area contributed by atoms with Gasteiger partial charge in [-0.2, -0.15) is 0 Å². The fourth-order valence-electron chi connectivity index (χ4n) is 5.05. The fourth-order valence-corrected chi connectivity index (χ4v) is 5.15. The molecule has 1 aromatic heterocycles. The van der Waals surface area contributed by atoms with E-state index in [1.807, 2.05) is 26.0 Å². The Hall–Kier alpha value is -2.38. The van der Waals surface area contributed by atoms with Crippen molar-refractivity contribution in [1.82, 2.24) is 20.6 Å². The summed E-state index contributed by atoms with van der Waals surface area (Å²) in [6.07, 6.45) is 10.1. The fraction of sp³-hybridized carbons (Fsp3) is 0.577. The first-order valence-corrected chi connectivity index (χ1v) is 12.9. The minimum absolute atomic E-state index is 0.00518. The molecule has 0 saturated carbocycles. The van der Waals surface area contributed by atoms with E-state index in [-0.39, 0.29) is 5.91 Å². The molecule has 3 heterocycles. The Labute approximate surface area is 207 Å². The zero-order valence-electron chi connectivity index (χ0n) is 20.3. The van der Waals surface area contributed by atoms with Crippen LogP contribution in [0.5, 0.6) is 5.75 Å². The molecule has 4 rings (SSSR count). The van der Waals surface area contributed by atoms with Crippen molar-refractivity contribution in [1.29, 1.82) is 0 Å². The number of nitrogens with one attached hydrogen (secondary N) is 2. The highest BCUT2D eigenvalue weighted by Crippen LogP contribution is 2.26. The van der Waals surface area contributed by atoms with Crippen molar-refractivity contribution in [2.45, 2.75) is 58.4 Å². The molecule has 184 valence electrons. The van der Waals surface area contributed by atoms with E-state index in [9.17, 15) is 4.79 Å². The average molecular weight is 486 g/mol. The van der Waals surface area contributed by atoms with Gasteiger partial charge in [-0.15, -0.1) is 0 Å². The Kier molecular flexibility index (Phi) is 8.62. The lowest BCUT2D eigenvalue weighted by Gasteiger charge is -2.32. The lowest BCUT2D eigenvalue weighted by Crippen LogP contribution is -2.37. The quantitative estimate of drug-likeness (QED) is 0.515. The smallest absolute Gasteiger partial charge is 0.251 e. The maximum atomic E-state index is 12.7. The van der Waals surface area contributed by atoms with Gasteiger partial charge in [0.25, 0.3) is 5.91 Å². The van der Waals surface area contributed by atoms with Crippen LogP contribution in [0.4, 0.5) is 5.95 Å². The molecule has 2 saturated heterocycles. The molecule has 34 heavy (non-hydrogen) atoms. The van der Waals surface area contributed by atoms with Crippen LogP contribution in [-0.2, 0) is 0 Å². The van der Waals surface area contributed by atoms with E-state index in [4.69, 9.17) is 16.3 Å². The molecule has 7 nitrogen and oxygen atoms in total. The molecule has 2 aliphatic rings. The van der Waals surface area contributed by atoms with Gasteiger partial charge in [-0.05, 0) is 88.1 Å². The SMILES string of the molecule is Cc1cc(OCCCC2CCN(c3ncc(Cl)cn3)CC2)cc(C)c1C(=O)NCC1CCCN1. The Bertz CT molecular complexity index is 931. The number of anilines is 1. The van der Waals surface area contributed by atoms with E-state index in [1.54, 1.807) is 12.4 Å². The molecule has 1 unspecified atom stereocenters. The molecule has 1 aromatic carbocycles. The third-order valence-electron chi connectivity index (χ3n) is 6.93. The van der Waals surface area contributed by atoms with Crippen LogP contribution in [0.2, 0.25) is 5.02 Å². The molecular weight excluding hydrogens is 450 g/mol. The van der Waals surface area contributed by atoms with Gasteiger partial charge in [-0.3, -0.25) is 4.79 Å². The number of aryl methyl sites for hydroxylation is 2. The van der Waals surface area contributed by atoms with Gasteiger partial charge >= 0.3 is 0 Å². The third-order valence-corrected chi connectivity index (χ3v) is 7.13. The summed E-state index contributed by atoms with van der Waals surface area (Å²) in [5.41, 5.74) is 2.69. The Morgan fingerprint density at radius 2 is 1.88 bits per heavy atom. The second-order valence-electron chi connectivity index (χ2n) is 9.56. The van der Waals surface area contributed by atoms with Gasteiger partial charge in [0.15, 0.2) is 0 Å². The van der Waals surface area contributed by atoms with Crippen LogP contribution in [0.3, 0.4) is 0 Å². The number of carbonyl (C=O) groups excluding carboxylic acids is 1. The normalized spacial score (nSPS) is 18.8. The molecule has 2 aliphatic heterocycles. The maximum absolute atomic E-state index is 12.7. The second-order valence-corrected chi connectivity index (χ2v) is 9.99. The van der Waals surface area contributed by atoms with E-state index in [0.29, 0.717) is 30.1 Å². The van der Waals surface area contributed by atoms with Crippen molar-refractivity contribution in [3.8, 4) is 5.75 Å². The molecule has 0 aliphatic carbocycles. The minimum atomic E-state index is 0.00518. The molecular formula is C26H36ClN5O2. The molecule has 2 N–H and O–H groups in total. The van der Waals surface area contributed by atoms with Crippen molar-refractivity contribution >= 4 is 23.5 Å². The largest absolute Gasteiger partial charge is 0.494 e. The van der Waals surface area contributed by atoms with Gasteiger partial charge in [-0.1, -0.05) is 11.6 Å². The number of amides is 1. The first-order chi connectivity index (χ1) is 16.5. The Balaban J connectivity index is 1.18. The number of halogens is 1. The summed E-state index contributed by atoms with van der Waals surface area (Å²) < 4.78 is 6.05. The van der Waals surface area contributed by atoms with E-state index in [2.05, 4.69) is 25.5 Å². The number of carbonyl (C=O) groups is 1. The monoisotopic (exact) mass is 485 g/mol. The van der Waals surface area contributed by atoms with Crippen LogP contribution in [-0.4, -0.2) is 54.7 Å². The number of aromatic nitrogens is 2. The number of hydrogen-bond acceptors (Lipinski definition) is 6. The number of nitrogens with zero attached hydrogens (tertiary/aromatic N) is 3. The summed E-state index contributed by atoms with van der Waals surface area (Å²) in [6, 6.07) is 4.37. The maximum Gasteiger partial charge on any atom is 0.251 e. The number of piperidine rings is 1. The summed E-state index contributed by atoms with van der Waals surface area (Å²) in [7, 11) is 0. The summed E-state index contributed by atoms with van der Waals surface area (Å²) in [4.78, 5) is 23.6. The second kappa shape index (κ2) is 11.8.